The lowest BCUT2D eigenvalue weighted by atomic mass is 9.73. The zero-order valence-corrected chi connectivity index (χ0v) is 18.4. The Hall–Kier alpha value is -3.13. The minimum Gasteiger partial charge on any atom is -0.468 e. The van der Waals surface area contributed by atoms with Crippen molar-refractivity contribution in [3.8, 4) is 0 Å². The van der Waals surface area contributed by atoms with Crippen molar-refractivity contribution in [2.24, 2.45) is 0 Å². The Kier molecular flexibility index (Phi) is 5.13. The molecule has 0 bridgehead atoms. The van der Waals surface area contributed by atoms with Crippen molar-refractivity contribution in [2.45, 2.75) is 36.5 Å². The first-order chi connectivity index (χ1) is 14.8. The second kappa shape index (κ2) is 7.53. The van der Waals surface area contributed by atoms with Gasteiger partial charge in [0.2, 0.25) is 5.41 Å². The van der Waals surface area contributed by atoms with Gasteiger partial charge in [-0.05, 0) is 49.9 Å². The first-order valence-electron chi connectivity index (χ1n) is 9.91. The lowest BCUT2D eigenvalue weighted by Crippen LogP contribution is -2.49. The smallest absolute Gasteiger partial charge is 0.329 e. The SMILES string of the molecule is COC(=O)C1(C(=O)OC)CCCc2c1n(S(=O)(=O)c1ccc(C)cc1)c1ccccc21. The Morgan fingerprint density at radius 2 is 1.58 bits per heavy atom. The highest BCUT2D eigenvalue weighted by atomic mass is 32.2. The number of para-hydroxylation sites is 1. The second-order valence-corrected chi connectivity index (χ2v) is 9.46. The van der Waals surface area contributed by atoms with Gasteiger partial charge >= 0.3 is 11.9 Å². The molecule has 1 aliphatic carbocycles. The van der Waals surface area contributed by atoms with Gasteiger partial charge in [-0.2, -0.15) is 0 Å². The van der Waals surface area contributed by atoms with Crippen molar-refractivity contribution in [1.82, 2.24) is 3.97 Å². The number of nitrogens with zero attached hydrogens (tertiary/aromatic N) is 1. The molecule has 8 heteroatoms. The number of esters is 2. The maximum Gasteiger partial charge on any atom is 0.329 e. The van der Waals surface area contributed by atoms with Crippen LogP contribution in [0.1, 0.15) is 29.7 Å². The molecule has 0 amide bonds. The molecule has 3 aromatic rings. The highest BCUT2D eigenvalue weighted by Crippen LogP contribution is 2.45. The number of ether oxygens (including phenoxy) is 2. The van der Waals surface area contributed by atoms with Crippen molar-refractivity contribution in [2.75, 3.05) is 14.2 Å². The first-order valence-corrected chi connectivity index (χ1v) is 11.3. The normalized spacial score (nSPS) is 15.3. The molecule has 0 saturated heterocycles. The monoisotopic (exact) mass is 441 g/mol. The number of aryl methyl sites for hydroxylation is 2. The summed E-state index contributed by atoms with van der Waals surface area (Å²) in [5, 5.41) is 0.685. The quantitative estimate of drug-likeness (QED) is 0.456. The summed E-state index contributed by atoms with van der Waals surface area (Å²) in [5.41, 5.74) is 0.213. The van der Waals surface area contributed by atoms with Crippen LogP contribution in [0.3, 0.4) is 0 Å². The number of methoxy groups -OCH3 is 2. The summed E-state index contributed by atoms with van der Waals surface area (Å²) < 4.78 is 38.9. The first kappa shape index (κ1) is 21.1. The maximum atomic E-state index is 13.9. The van der Waals surface area contributed by atoms with Crippen molar-refractivity contribution < 1.29 is 27.5 Å². The maximum absolute atomic E-state index is 13.9. The third-order valence-electron chi connectivity index (χ3n) is 5.95. The zero-order valence-electron chi connectivity index (χ0n) is 17.5. The lowest BCUT2D eigenvalue weighted by Gasteiger charge is -2.33. The number of rotatable bonds is 4. The third kappa shape index (κ3) is 2.96. The molecule has 0 fully saturated rings. The number of hydrogen-bond donors (Lipinski definition) is 0. The summed E-state index contributed by atoms with van der Waals surface area (Å²) >= 11 is 0. The summed E-state index contributed by atoms with van der Waals surface area (Å²) in [6, 6.07) is 13.5. The van der Waals surface area contributed by atoms with E-state index in [4.69, 9.17) is 9.47 Å². The molecule has 0 aliphatic heterocycles. The Labute approximate surface area is 180 Å². The van der Waals surface area contributed by atoms with Crippen molar-refractivity contribution in [3.05, 3.63) is 65.4 Å². The van der Waals surface area contributed by atoms with Gasteiger partial charge < -0.3 is 9.47 Å². The van der Waals surface area contributed by atoms with Crippen molar-refractivity contribution in [3.63, 3.8) is 0 Å². The largest absolute Gasteiger partial charge is 0.468 e. The van der Waals surface area contributed by atoms with Gasteiger partial charge in [-0.15, -0.1) is 0 Å². The third-order valence-corrected chi connectivity index (χ3v) is 7.67. The Morgan fingerprint density at radius 1 is 0.968 bits per heavy atom. The molecule has 0 unspecified atom stereocenters. The lowest BCUT2D eigenvalue weighted by molar-refractivity contribution is -0.163. The number of hydrogen-bond acceptors (Lipinski definition) is 6. The van der Waals surface area contributed by atoms with Crippen molar-refractivity contribution >= 4 is 32.9 Å². The molecule has 0 radical (unpaired) electrons. The summed E-state index contributed by atoms with van der Waals surface area (Å²) in [4.78, 5) is 26.2. The van der Waals surface area contributed by atoms with Crippen LogP contribution in [-0.4, -0.2) is 38.5 Å². The molecule has 7 nitrogen and oxygen atoms in total. The van der Waals surface area contributed by atoms with Crippen LogP contribution in [-0.2, 0) is 40.9 Å². The van der Waals surface area contributed by atoms with E-state index in [0.717, 1.165) is 9.54 Å². The Balaban J connectivity index is 2.16. The number of carbonyl (C=O) groups excluding carboxylic acids is 2. The van der Waals surface area contributed by atoms with E-state index in [-0.39, 0.29) is 17.0 Å². The van der Waals surface area contributed by atoms with Crippen LogP contribution in [0.2, 0.25) is 0 Å². The van der Waals surface area contributed by atoms with Crippen LogP contribution in [0.15, 0.2) is 53.4 Å². The molecular weight excluding hydrogens is 418 g/mol. The molecule has 0 N–H and O–H groups in total. The Bertz CT molecular complexity index is 1270. The second-order valence-electron chi connectivity index (χ2n) is 7.67. The van der Waals surface area contributed by atoms with Gasteiger partial charge in [-0.1, -0.05) is 35.9 Å². The summed E-state index contributed by atoms with van der Waals surface area (Å²) in [7, 11) is -1.77. The van der Waals surface area contributed by atoms with Crippen LogP contribution < -0.4 is 0 Å². The average Bonchev–Trinajstić information content (AvgIpc) is 3.14. The topological polar surface area (TPSA) is 91.7 Å². The molecular formula is C23H23NO6S. The number of aromatic nitrogens is 1. The fourth-order valence-electron chi connectivity index (χ4n) is 4.50. The minimum atomic E-state index is -4.13. The van der Waals surface area contributed by atoms with Gasteiger partial charge in [0.15, 0.2) is 0 Å². The van der Waals surface area contributed by atoms with Crippen molar-refractivity contribution in [1.29, 1.82) is 0 Å². The molecule has 31 heavy (non-hydrogen) atoms. The van der Waals surface area contributed by atoms with Gasteiger partial charge in [-0.3, -0.25) is 9.59 Å². The summed E-state index contributed by atoms with van der Waals surface area (Å²) in [5.74, 6) is -1.66. The van der Waals surface area contributed by atoms with Gasteiger partial charge in [0, 0.05) is 5.39 Å². The van der Waals surface area contributed by atoms with E-state index in [1.54, 1.807) is 36.4 Å². The molecule has 1 aromatic heterocycles. The standard InChI is InChI=1S/C23H23NO6S/c1-15-10-12-16(13-11-15)31(27,28)24-19-9-5-4-7-17(19)18-8-6-14-23(20(18)24,21(25)29-2)22(26)30-3/h4-5,7,9-13H,6,8,14H2,1-3H3. The molecule has 1 heterocycles. The zero-order chi connectivity index (χ0) is 22.4. The highest BCUT2D eigenvalue weighted by molar-refractivity contribution is 7.90. The van der Waals surface area contributed by atoms with Gasteiger partial charge in [0.25, 0.3) is 10.0 Å². The predicted molar refractivity (Wildman–Crippen MR) is 114 cm³/mol. The fraction of sp³-hybridized carbons (Fsp3) is 0.304. The minimum absolute atomic E-state index is 0.0656. The van der Waals surface area contributed by atoms with Crippen LogP contribution >= 0.6 is 0 Å². The van der Waals surface area contributed by atoms with Gasteiger partial charge in [0.05, 0.1) is 30.3 Å². The number of carbonyl (C=O) groups is 2. The number of fused-ring (bicyclic) bond motifs is 3. The van der Waals surface area contributed by atoms with Gasteiger partial charge in [-0.25, -0.2) is 12.4 Å². The number of benzene rings is 2. The van der Waals surface area contributed by atoms with E-state index < -0.39 is 27.4 Å². The van der Waals surface area contributed by atoms with E-state index in [1.807, 2.05) is 6.92 Å². The summed E-state index contributed by atoms with van der Waals surface area (Å²) in [6.45, 7) is 1.86. The fourth-order valence-corrected chi connectivity index (χ4v) is 6.12. The molecule has 2 aromatic carbocycles. The van der Waals surface area contributed by atoms with E-state index >= 15 is 0 Å². The molecule has 0 saturated carbocycles. The van der Waals surface area contributed by atoms with Crippen LogP contribution in [0.4, 0.5) is 0 Å². The average molecular weight is 442 g/mol. The molecule has 4 rings (SSSR count). The van der Waals surface area contributed by atoms with Crippen LogP contribution in [0, 0.1) is 6.92 Å². The van der Waals surface area contributed by atoms with E-state index in [2.05, 4.69) is 0 Å². The van der Waals surface area contributed by atoms with E-state index in [0.29, 0.717) is 29.3 Å². The summed E-state index contributed by atoms with van der Waals surface area (Å²) in [6.07, 6.45) is 1.14. The van der Waals surface area contributed by atoms with E-state index in [9.17, 15) is 18.0 Å². The molecule has 1 aliphatic rings. The molecule has 0 atom stereocenters. The van der Waals surface area contributed by atoms with Crippen LogP contribution in [0.25, 0.3) is 10.9 Å². The van der Waals surface area contributed by atoms with E-state index in [1.165, 1.54) is 26.4 Å². The molecule has 162 valence electrons. The van der Waals surface area contributed by atoms with Gasteiger partial charge in [0.1, 0.15) is 0 Å². The highest BCUT2D eigenvalue weighted by Gasteiger charge is 2.56. The van der Waals surface area contributed by atoms with Crippen LogP contribution in [0.5, 0.6) is 0 Å². The predicted octanol–water partition coefficient (Wildman–Crippen LogP) is 3.11. The molecule has 0 spiro atoms. The Morgan fingerprint density at radius 3 is 2.19 bits per heavy atom.